The van der Waals surface area contributed by atoms with E-state index in [-0.39, 0.29) is 4.90 Å². The maximum Gasteiger partial charge on any atom is 0.244 e. The van der Waals surface area contributed by atoms with E-state index in [0.717, 1.165) is 0 Å². The molecule has 0 aliphatic heterocycles. The Kier molecular flexibility index (Phi) is 6.25. The van der Waals surface area contributed by atoms with Gasteiger partial charge in [-0.2, -0.15) is 4.31 Å². The Bertz CT molecular complexity index is 563. The van der Waals surface area contributed by atoms with Crippen molar-refractivity contribution in [3.05, 3.63) is 16.6 Å². The summed E-state index contributed by atoms with van der Waals surface area (Å²) < 4.78 is 37.0. The number of halogens is 1. The molecular weight excluding hydrogens is 348 g/mol. The van der Waals surface area contributed by atoms with Gasteiger partial charge in [-0.25, -0.2) is 8.42 Å². The monoisotopic (exact) mass is 366 g/mol. The summed E-state index contributed by atoms with van der Waals surface area (Å²) in [6.45, 7) is 0.945. The highest BCUT2D eigenvalue weighted by Crippen LogP contribution is 2.36. The highest BCUT2D eigenvalue weighted by molar-refractivity contribution is 9.10. The predicted octanol–water partition coefficient (Wildman–Crippen LogP) is 1.31. The summed E-state index contributed by atoms with van der Waals surface area (Å²) in [5.41, 5.74) is 0. The summed E-state index contributed by atoms with van der Waals surface area (Å²) in [6, 6.07) is 3.03. The third kappa shape index (κ3) is 3.63. The number of ether oxygens (including phenoxy) is 2. The minimum absolute atomic E-state index is 0.147. The molecule has 8 heteroatoms. The Morgan fingerprint density at radius 3 is 2.30 bits per heavy atom. The van der Waals surface area contributed by atoms with Gasteiger partial charge in [0.15, 0.2) is 11.5 Å². The van der Waals surface area contributed by atoms with Crippen LogP contribution in [0, 0.1) is 0 Å². The molecule has 0 amide bonds. The van der Waals surface area contributed by atoms with Crippen LogP contribution in [0.4, 0.5) is 0 Å². The number of likely N-dealkylation sites (N-methyl/N-ethyl adjacent to an activating group) is 2. The summed E-state index contributed by atoms with van der Waals surface area (Å²) in [5.74, 6) is 0.840. The van der Waals surface area contributed by atoms with Crippen molar-refractivity contribution in [3.8, 4) is 11.5 Å². The van der Waals surface area contributed by atoms with E-state index in [4.69, 9.17) is 9.47 Å². The number of hydrogen-bond acceptors (Lipinski definition) is 5. The van der Waals surface area contributed by atoms with Crippen LogP contribution in [-0.4, -0.2) is 54.1 Å². The van der Waals surface area contributed by atoms with Gasteiger partial charge in [0.1, 0.15) is 4.90 Å². The second-order valence-electron chi connectivity index (χ2n) is 4.07. The van der Waals surface area contributed by atoms with Crippen molar-refractivity contribution in [2.45, 2.75) is 4.90 Å². The van der Waals surface area contributed by atoms with E-state index in [1.165, 1.54) is 31.6 Å². The molecule has 0 saturated heterocycles. The molecule has 0 fully saturated rings. The van der Waals surface area contributed by atoms with Crippen molar-refractivity contribution in [2.75, 3.05) is 41.4 Å². The molecule has 0 radical (unpaired) electrons. The van der Waals surface area contributed by atoms with Gasteiger partial charge in [0, 0.05) is 30.7 Å². The molecule has 1 aromatic carbocycles. The molecule has 0 aliphatic rings. The van der Waals surface area contributed by atoms with Crippen molar-refractivity contribution in [2.24, 2.45) is 0 Å². The van der Waals surface area contributed by atoms with E-state index < -0.39 is 10.0 Å². The zero-order valence-corrected chi connectivity index (χ0v) is 14.3. The number of methoxy groups -OCH3 is 2. The van der Waals surface area contributed by atoms with Crippen molar-refractivity contribution in [3.63, 3.8) is 0 Å². The van der Waals surface area contributed by atoms with Crippen LogP contribution in [0.1, 0.15) is 0 Å². The van der Waals surface area contributed by atoms with Gasteiger partial charge in [0.2, 0.25) is 10.0 Å². The fourth-order valence-electron chi connectivity index (χ4n) is 1.59. The molecular formula is C12H19BrN2O4S. The van der Waals surface area contributed by atoms with E-state index in [0.29, 0.717) is 29.1 Å². The molecule has 0 aliphatic carbocycles. The van der Waals surface area contributed by atoms with Gasteiger partial charge in [-0.15, -0.1) is 0 Å². The quantitative estimate of drug-likeness (QED) is 0.787. The van der Waals surface area contributed by atoms with E-state index in [1.54, 1.807) is 13.1 Å². The van der Waals surface area contributed by atoms with Gasteiger partial charge in [-0.05, 0) is 29.0 Å². The van der Waals surface area contributed by atoms with Gasteiger partial charge in [-0.3, -0.25) is 0 Å². The maximum absolute atomic E-state index is 12.5. The average Bonchev–Trinajstić information content (AvgIpc) is 2.43. The Labute approximate surface area is 128 Å². The summed E-state index contributed by atoms with van der Waals surface area (Å²) in [4.78, 5) is 0.147. The third-order valence-corrected chi connectivity index (χ3v) is 5.62. The number of nitrogens with one attached hydrogen (secondary N) is 1. The number of hydrogen-bond donors (Lipinski definition) is 1. The average molecular weight is 367 g/mol. The molecule has 114 valence electrons. The molecule has 0 saturated carbocycles. The van der Waals surface area contributed by atoms with Crippen molar-refractivity contribution < 1.29 is 17.9 Å². The lowest BCUT2D eigenvalue weighted by Crippen LogP contribution is -2.33. The molecule has 0 unspecified atom stereocenters. The van der Waals surface area contributed by atoms with Crippen LogP contribution in [0.3, 0.4) is 0 Å². The van der Waals surface area contributed by atoms with Crippen LogP contribution in [0.25, 0.3) is 0 Å². The van der Waals surface area contributed by atoms with E-state index in [2.05, 4.69) is 21.2 Å². The van der Waals surface area contributed by atoms with E-state index >= 15 is 0 Å². The third-order valence-electron chi connectivity index (χ3n) is 2.80. The molecule has 6 nitrogen and oxygen atoms in total. The lowest BCUT2D eigenvalue weighted by Gasteiger charge is -2.19. The fraction of sp³-hybridized carbons (Fsp3) is 0.500. The molecule has 0 bridgehead atoms. The Morgan fingerprint density at radius 1 is 1.25 bits per heavy atom. The van der Waals surface area contributed by atoms with Crippen LogP contribution >= 0.6 is 15.9 Å². The SMILES string of the molecule is CNCCN(C)S(=O)(=O)c1cc(OC)c(OC)cc1Br. The first kappa shape index (κ1) is 17.2. The minimum atomic E-state index is -3.59. The van der Waals surface area contributed by atoms with Crippen LogP contribution < -0.4 is 14.8 Å². The number of sulfonamides is 1. The van der Waals surface area contributed by atoms with Crippen molar-refractivity contribution in [1.82, 2.24) is 9.62 Å². The van der Waals surface area contributed by atoms with E-state index in [9.17, 15) is 8.42 Å². The highest BCUT2D eigenvalue weighted by Gasteiger charge is 2.25. The number of nitrogens with zero attached hydrogens (tertiary/aromatic N) is 1. The molecule has 0 spiro atoms. The normalized spacial score (nSPS) is 11.7. The van der Waals surface area contributed by atoms with Gasteiger partial charge >= 0.3 is 0 Å². The van der Waals surface area contributed by atoms with Crippen LogP contribution in [0.5, 0.6) is 11.5 Å². The molecule has 20 heavy (non-hydrogen) atoms. The van der Waals surface area contributed by atoms with E-state index in [1.807, 2.05) is 0 Å². The first-order valence-corrected chi connectivity index (χ1v) is 8.14. The molecule has 1 N–H and O–H groups in total. The van der Waals surface area contributed by atoms with Gasteiger partial charge in [-0.1, -0.05) is 0 Å². The highest BCUT2D eigenvalue weighted by atomic mass is 79.9. The second-order valence-corrected chi connectivity index (χ2v) is 6.94. The zero-order chi connectivity index (χ0) is 15.3. The summed E-state index contributed by atoms with van der Waals surface area (Å²) in [7, 11) is 2.68. The lowest BCUT2D eigenvalue weighted by molar-refractivity contribution is 0.353. The Morgan fingerprint density at radius 2 is 1.80 bits per heavy atom. The topological polar surface area (TPSA) is 67.9 Å². The zero-order valence-electron chi connectivity index (χ0n) is 11.9. The minimum Gasteiger partial charge on any atom is -0.493 e. The predicted molar refractivity (Wildman–Crippen MR) is 81.0 cm³/mol. The molecule has 1 aromatic rings. The van der Waals surface area contributed by atoms with Gasteiger partial charge in [0.25, 0.3) is 0 Å². The number of benzene rings is 1. The largest absolute Gasteiger partial charge is 0.493 e. The molecule has 0 aromatic heterocycles. The number of rotatable bonds is 7. The van der Waals surface area contributed by atoms with Crippen LogP contribution in [0.15, 0.2) is 21.5 Å². The summed E-state index contributed by atoms with van der Waals surface area (Å²) in [6.07, 6.45) is 0. The first-order valence-electron chi connectivity index (χ1n) is 5.91. The second kappa shape index (κ2) is 7.26. The smallest absolute Gasteiger partial charge is 0.244 e. The molecule has 1 rings (SSSR count). The van der Waals surface area contributed by atoms with Gasteiger partial charge in [0.05, 0.1) is 14.2 Å². The fourth-order valence-corrected chi connectivity index (χ4v) is 3.76. The maximum atomic E-state index is 12.5. The Balaban J connectivity index is 3.24. The molecule has 0 heterocycles. The molecule has 0 atom stereocenters. The lowest BCUT2D eigenvalue weighted by atomic mass is 10.3. The van der Waals surface area contributed by atoms with Gasteiger partial charge < -0.3 is 14.8 Å². The first-order chi connectivity index (χ1) is 9.38. The summed E-state index contributed by atoms with van der Waals surface area (Å²) >= 11 is 3.27. The summed E-state index contributed by atoms with van der Waals surface area (Å²) in [5, 5.41) is 2.92. The van der Waals surface area contributed by atoms with Crippen LogP contribution in [-0.2, 0) is 10.0 Å². The van der Waals surface area contributed by atoms with Crippen molar-refractivity contribution in [1.29, 1.82) is 0 Å². The standard InChI is InChI=1S/C12H19BrN2O4S/c1-14-5-6-15(2)20(16,17)12-8-11(19-4)10(18-3)7-9(12)13/h7-8,14H,5-6H2,1-4H3. The Hall–Kier alpha value is -0.830. The van der Waals surface area contributed by atoms with Crippen molar-refractivity contribution >= 4 is 26.0 Å². The van der Waals surface area contributed by atoms with Crippen LogP contribution in [0.2, 0.25) is 0 Å².